The number of hydrogen-bond donors (Lipinski definition) is 1. The van der Waals surface area contributed by atoms with Crippen LogP contribution in [0.4, 0.5) is 5.69 Å². The molecule has 0 aromatic heterocycles. The maximum absolute atomic E-state index is 13.2. The standard InChI is InChI=1S/C21H17NO2/c23-20-21(24,17-11-5-2-6-12-17)18-13-7-8-14-19(18)22(20)15-16-9-3-1-4-10-16/h1-14,24H,15H2/t21-/m0/s1. The summed E-state index contributed by atoms with van der Waals surface area (Å²) in [4.78, 5) is 14.8. The Hall–Kier alpha value is -2.91. The number of anilines is 1. The third-order valence-electron chi connectivity index (χ3n) is 4.51. The molecule has 118 valence electrons. The van der Waals surface area contributed by atoms with E-state index in [2.05, 4.69) is 0 Å². The average Bonchev–Trinajstić information content (AvgIpc) is 2.87. The van der Waals surface area contributed by atoms with E-state index in [9.17, 15) is 9.90 Å². The van der Waals surface area contributed by atoms with Gasteiger partial charge < -0.3 is 10.0 Å². The van der Waals surface area contributed by atoms with Crippen molar-refractivity contribution in [1.29, 1.82) is 0 Å². The molecule has 3 heteroatoms. The van der Waals surface area contributed by atoms with Gasteiger partial charge in [-0.15, -0.1) is 0 Å². The first kappa shape index (κ1) is 14.7. The van der Waals surface area contributed by atoms with Gasteiger partial charge in [0, 0.05) is 5.56 Å². The summed E-state index contributed by atoms with van der Waals surface area (Å²) in [5.41, 5.74) is 1.39. The molecule has 0 unspecified atom stereocenters. The Kier molecular flexibility index (Phi) is 3.44. The summed E-state index contributed by atoms with van der Waals surface area (Å²) in [6, 6.07) is 26.4. The van der Waals surface area contributed by atoms with E-state index in [0.717, 1.165) is 11.3 Å². The van der Waals surface area contributed by atoms with Gasteiger partial charge in [-0.2, -0.15) is 0 Å². The van der Waals surface area contributed by atoms with E-state index < -0.39 is 5.60 Å². The molecule has 3 aromatic rings. The third-order valence-corrected chi connectivity index (χ3v) is 4.51. The van der Waals surface area contributed by atoms with Crippen LogP contribution in [0.2, 0.25) is 0 Å². The number of benzene rings is 3. The zero-order valence-corrected chi connectivity index (χ0v) is 13.1. The molecule has 1 N–H and O–H groups in total. The van der Waals surface area contributed by atoms with Gasteiger partial charge in [-0.3, -0.25) is 4.79 Å². The molecule has 0 aliphatic carbocycles. The summed E-state index contributed by atoms with van der Waals surface area (Å²) < 4.78 is 0. The number of fused-ring (bicyclic) bond motifs is 1. The number of para-hydroxylation sites is 1. The molecule has 0 radical (unpaired) electrons. The molecule has 24 heavy (non-hydrogen) atoms. The summed E-state index contributed by atoms with van der Waals surface area (Å²) >= 11 is 0. The van der Waals surface area contributed by atoms with Crippen LogP contribution in [0.3, 0.4) is 0 Å². The molecule has 0 saturated carbocycles. The Bertz CT molecular complexity index is 877. The summed E-state index contributed by atoms with van der Waals surface area (Å²) in [5, 5.41) is 11.3. The van der Waals surface area contributed by atoms with Crippen LogP contribution < -0.4 is 4.90 Å². The zero-order valence-electron chi connectivity index (χ0n) is 13.1. The molecular weight excluding hydrogens is 298 g/mol. The fraction of sp³-hybridized carbons (Fsp3) is 0.0952. The maximum Gasteiger partial charge on any atom is 0.268 e. The lowest BCUT2D eigenvalue weighted by atomic mass is 9.88. The number of carbonyl (C=O) groups is 1. The van der Waals surface area contributed by atoms with Crippen molar-refractivity contribution in [3.8, 4) is 0 Å². The van der Waals surface area contributed by atoms with Crippen molar-refractivity contribution in [3.63, 3.8) is 0 Å². The largest absolute Gasteiger partial charge is 0.372 e. The lowest BCUT2D eigenvalue weighted by Gasteiger charge is -2.23. The van der Waals surface area contributed by atoms with E-state index in [4.69, 9.17) is 0 Å². The van der Waals surface area contributed by atoms with E-state index in [1.54, 1.807) is 17.0 Å². The van der Waals surface area contributed by atoms with Crippen molar-refractivity contribution in [1.82, 2.24) is 0 Å². The molecule has 1 amide bonds. The molecule has 0 fully saturated rings. The lowest BCUT2D eigenvalue weighted by molar-refractivity contribution is -0.132. The zero-order chi connectivity index (χ0) is 16.6. The van der Waals surface area contributed by atoms with Crippen molar-refractivity contribution >= 4 is 11.6 Å². The second-order valence-corrected chi connectivity index (χ2v) is 5.97. The van der Waals surface area contributed by atoms with Crippen LogP contribution >= 0.6 is 0 Å². The second-order valence-electron chi connectivity index (χ2n) is 5.97. The van der Waals surface area contributed by atoms with Crippen LogP contribution in [-0.2, 0) is 16.9 Å². The van der Waals surface area contributed by atoms with Gasteiger partial charge in [-0.05, 0) is 17.2 Å². The number of carbonyl (C=O) groups excluding carboxylic acids is 1. The number of hydrogen-bond acceptors (Lipinski definition) is 2. The number of nitrogens with zero attached hydrogens (tertiary/aromatic N) is 1. The predicted molar refractivity (Wildman–Crippen MR) is 93.5 cm³/mol. The summed E-state index contributed by atoms with van der Waals surface area (Å²) in [6.07, 6.45) is 0. The predicted octanol–water partition coefficient (Wildman–Crippen LogP) is 3.47. The van der Waals surface area contributed by atoms with Crippen molar-refractivity contribution in [2.45, 2.75) is 12.1 Å². The SMILES string of the molecule is O=C1N(Cc2ccccc2)c2ccccc2[C@@]1(O)c1ccccc1. The first-order valence-corrected chi connectivity index (χ1v) is 7.94. The van der Waals surface area contributed by atoms with Gasteiger partial charge in [-0.25, -0.2) is 0 Å². The topological polar surface area (TPSA) is 40.5 Å². The maximum atomic E-state index is 13.2. The first-order valence-electron chi connectivity index (χ1n) is 7.94. The average molecular weight is 315 g/mol. The van der Waals surface area contributed by atoms with E-state index in [1.165, 1.54) is 0 Å². The summed E-state index contributed by atoms with van der Waals surface area (Å²) in [7, 11) is 0. The monoisotopic (exact) mass is 315 g/mol. The lowest BCUT2D eigenvalue weighted by Crippen LogP contribution is -2.40. The molecule has 3 aromatic carbocycles. The minimum absolute atomic E-state index is 0.307. The van der Waals surface area contributed by atoms with Crippen LogP contribution in [0.1, 0.15) is 16.7 Å². The second kappa shape index (κ2) is 5.62. The van der Waals surface area contributed by atoms with Crippen LogP contribution in [-0.4, -0.2) is 11.0 Å². The summed E-state index contributed by atoms with van der Waals surface area (Å²) in [5.74, 6) is -0.307. The third kappa shape index (κ3) is 2.14. The van der Waals surface area contributed by atoms with E-state index in [-0.39, 0.29) is 5.91 Å². The smallest absolute Gasteiger partial charge is 0.268 e. The molecule has 0 spiro atoms. The quantitative estimate of drug-likeness (QED) is 0.804. The fourth-order valence-electron chi connectivity index (χ4n) is 3.32. The molecule has 4 rings (SSSR count). The Morgan fingerprint density at radius 2 is 1.38 bits per heavy atom. The highest BCUT2D eigenvalue weighted by Crippen LogP contribution is 2.44. The van der Waals surface area contributed by atoms with Crippen molar-refractivity contribution in [2.75, 3.05) is 4.90 Å². The van der Waals surface area contributed by atoms with Crippen molar-refractivity contribution in [2.24, 2.45) is 0 Å². The number of aliphatic hydroxyl groups is 1. The Morgan fingerprint density at radius 3 is 2.08 bits per heavy atom. The molecule has 1 aliphatic heterocycles. The molecule has 0 bridgehead atoms. The molecular formula is C21H17NO2. The number of rotatable bonds is 3. The molecule has 1 aliphatic rings. The van der Waals surface area contributed by atoms with Crippen LogP contribution in [0.5, 0.6) is 0 Å². The Balaban J connectivity index is 1.83. The Morgan fingerprint density at radius 1 is 0.792 bits per heavy atom. The van der Waals surface area contributed by atoms with Gasteiger partial charge >= 0.3 is 0 Å². The normalized spacial score (nSPS) is 19.4. The first-order chi connectivity index (χ1) is 11.7. The summed E-state index contributed by atoms with van der Waals surface area (Å²) in [6.45, 7) is 0.436. The van der Waals surface area contributed by atoms with E-state index in [1.807, 2.05) is 72.8 Å². The molecule has 0 saturated heterocycles. The van der Waals surface area contributed by atoms with Crippen molar-refractivity contribution < 1.29 is 9.90 Å². The minimum Gasteiger partial charge on any atom is -0.372 e. The van der Waals surface area contributed by atoms with Gasteiger partial charge in [0.05, 0.1) is 12.2 Å². The Labute approximate surface area is 140 Å². The molecule has 3 nitrogen and oxygen atoms in total. The highest BCUT2D eigenvalue weighted by Gasteiger charge is 2.50. The molecule has 1 atom stereocenters. The number of amides is 1. The van der Waals surface area contributed by atoms with Crippen LogP contribution in [0, 0.1) is 0 Å². The van der Waals surface area contributed by atoms with Gasteiger partial charge in [0.15, 0.2) is 5.60 Å². The fourth-order valence-corrected chi connectivity index (χ4v) is 3.32. The van der Waals surface area contributed by atoms with Gasteiger partial charge in [-0.1, -0.05) is 78.9 Å². The van der Waals surface area contributed by atoms with Crippen LogP contribution in [0.15, 0.2) is 84.9 Å². The van der Waals surface area contributed by atoms with Crippen LogP contribution in [0.25, 0.3) is 0 Å². The van der Waals surface area contributed by atoms with Crippen molar-refractivity contribution in [3.05, 3.63) is 102 Å². The molecule has 1 heterocycles. The van der Waals surface area contributed by atoms with E-state index in [0.29, 0.717) is 17.7 Å². The van der Waals surface area contributed by atoms with Gasteiger partial charge in [0.25, 0.3) is 5.91 Å². The highest BCUT2D eigenvalue weighted by atomic mass is 16.3. The highest BCUT2D eigenvalue weighted by molar-refractivity contribution is 6.08. The minimum atomic E-state index is -1.63. The van der Waals surface area contributed by atoms with Gasteiger partial charge in [0.2, 0.25) is 0 Å². The van der Waals surface area contributed by atoms with Gasteiger partial charge in [0.1, 0.15) is 0 Å². The van der Waals surface area contributed by atoms with E-state index >= 15 is 0 Å².